The third kappa shape index (κ3) is 4.24. The van der Waals surface area contributed by atoms with Gasteiger partial charge in [-0.1, -0.05) is 41.9 Å². The average Bonchev–Trinajstić information content (AvgIpc) is 2.75. The highest BCUT2D eigenvalue weighted by atomic mass is 35.5. The average molecular weight is 451 g/mol. The van der Waals surface area contributed by atoms with Crippen LogP contribution in [0.3, 0.4) is 0 Å². The number of halogens is 2. The molecule has 0 unspecified atom stereocenters. The molecule has 6 nitrogen and oxygen atoms in total. The van der Waals surface area contributed by atoms with Crippen molar-refractivity contribution in [2.45, 2.75) is 6.42 Å². The van der Waals surface area contributed by atoms with Crippen molar-refractivity contribution in [1.82, 2.24) is 5.32 Å². The molecule has 3 aromatic rings. The molecule has 0 atom stereocenters. The molecule has 0 radical (unpaired) electrons. The molecule has 1 heterocycles. The van der Waals surface area contributed by atoms with Gasteiger partial charge >= 0.3 is 6.03 Å². The number of benzene rings is 3. The summed E-state index contributed by atoms with van der Waals surface area (Å²) in [6.45, 7) is 0. The number of imide groups is 2. The number of urea groups is 1. The van der Waals surface area contributed by atoms with Crippen molar-refractivity contribution in [2.24, 2.45) is 0 Å². The molecule has 0 bridgehead atoms. The lowest BCUT2D eigenvalue weighted by Gasteiger charge is -2.26. The van der Waals surface area contributed by atoms with E-state index in [2.05, 4.69) is 5.32 Å². The van der Waals surface area contributed by atoms with E-state index in [0.29, 0.717) is 21.7 Å². The predicted octanol–water partition coefficient (Wildman–Crippen LogP) is 4.44. The minimum Gasteiger partial charge on any atom is -0.508 e. The summed E-state index contributed by atoms with van der Waals surface area (Å²) in [6.07, 6.45) is 1.61. The van der Waals surface area contributed by atoms with E-state index in [0.717, 1.165) is 4.90 Å². The number of rotatable bonds is 4. The monoisotopic (exact) mass is 450 g/mol. The maximum atomic E-state index is 13.9. The summed E-state index contributed by atoms with van der Waals surface area (Å²) in [4.78, 5) is 38.3. The summed E-state index contributed by atoms with van der Waals surface area (Å²) < 4.78 is 13.9. The Bertz CT molecular complexity index is 1270. The van der Waals surface area contributed by atoms with Gasteiger partial charge in [-0.05, 0) is 59.2 Å². The first-order valence-corrected chi connectivity index (χ1v) is 9.93. The first-order chi connectivity index (χ1) is 15.3. The van der Waals surface area contributed by atoms with Crippen molar-refractivity contribution in [3.8, 4) is 5.75 Å². The molecular formula is C24H16ClFN2O4. The van der Waals surface area contributed by atoms with Crippen LogP contribution in [0.4, 0.5) is 14.9 Å². The van der Waals surface area contributed by atoms with Gasteiger partial charge in [0.1, 0.15) is 17.1 Å². The van der Waals surface area contributed by atoms with Crippen LogP contribution in [0, 0.1) is 5.82 Å². The van der Waals surface area contributed by atoms with Crippen molar-refractivity contribution < 1.29 is 23.9 Å². The fraction of sp³-hybridized carbons (Fsp3) is 0.0417. The summed E-state index contributed by atoms with van der Waals surface area (Å²) in [5.41, 5.74) is 1.58. The molecule has 2 N–H and O–H groups in total. The van der Waals surface area contributed by atoms with Crippen LogP contribution in [0.25, 0.3) is 6.08 Å². The van der Waals surface area contributed by atoms with Crippen molar-refractivity contribution >= 4 is 41.2 Å². The lowest BCUT2D eigenvalue weighted by molar-refractivity contribution is -0.122. The minimum absolute atomic E-state index is 0.0319. The van der Waals surface area contributed by atoms with E-state index in [1.54, 1.807) is 36.4 Å². The van der Waals surface area contributed by atoms with E-state index < -0.39 is 17.8 Å². The standard InChI is InChI=1S/C24H16ClFN2O4/c25-20-12-14(5-6-15(20)13-16-3-1-2-4-21(16)26)11-19-22(30)27-24(32)28(23(19)31)17-7-9-18(29)10-8-17/h1-12,29H,13H2,(H,27,30,32)/b19-11+. The van der Waals surface area contributed by atoms with Crippen molar-refractivity contribution in [3.63, 3.8) is 0 Å². The Morgan fingerprint density at radius 3 is 2.38 bits per heavy atom. The van der Waals surface area contributed by atoms with Gasteiger partial charge in [-0.25, -0.2) is 14.1 Å². The topological polar surface area (TPSA) is 86.7 Å². The Morgan fingerprint density at radius 1 is 0.969 bits per heavy atom. The largest absolute Gasteiger partial charge is 0.508 e. The number of carbonyl (C=O) groups excluding carboxylic acids is 3. The van der Waals surface area contributed by atoms with E-state index in [1.165, 1.54) is 36.4 Å². The summed E-state index contributed by atoms with van der Waals surface area (Å²) in [5.74, 6) is -2.01. The molecule has 1 fully saturated rings. The van der Waals surface area contributed by atoms with Crippen LogP contribution in [0.15, 0.2) is 72.3 Å². The van der Waals surface area contributed by atoms with Crippen LogP contribution >= 0.6 is 11.6 Å². The van der Waals surface area contributed by atoms with Gasteiger partial charge in [0.2, 0.25) is 0 Å². The zero-order valence-electron chi connectivity index (χ0n) is 16.5. The molecule has 1 aliphatic heterocycles. The van der Waals surface area contributed by atoms with Crippen LogP contribution in [-0.2, 0) is 16.0 Å². The summed E-state index contributed by atoms with van der Waals surface area (Å²) in [5, 5.41) is 11.9. The number of hydrogen-bond donors (Lipinski definition) is 2. The Hall–Kier alpha value is -3.97. The fourth-order valence-corrected chi connectivity index (χ4v) is 3.56. The molecule has 4 rings (SSSR count). The van der Waals surface area contributed by atoms with Crippen LogP contribution in [0.1, 0.15) is 16.7 Å². The molecule has 1 saturated heterocycles. The Labute approximate surface area is 187 Å². The third-order valence-electron chi connectivity index (χ3n) is 4.94. The van der Waals surface area contributed by atoms with Gasteiger partial charge in [-0.15, -0.1) is 0 Å². The molecule has 0 aromatic heterocycles. The molecule has 0 saturated carbocycles. The van der Waals surface area contributed by atoms with E-state index in [1.807, 2.05) is 0 Å². The second kappa shape index (κ2) is 8.64. The highest BCUT2D eigenvalue weighted by Crippen LogP contribution is 2.26. The molecule has 4 amide bonds. The predicted molar refractivity (Wildman–Crippen MR) is 118 cm³/mol. The number of phenols is 1. The van der Waals surface area contributed by atoms with Crippen molar-refractivity contribution in [1.29, 1.82) is 0 Å². The molecule has 32 heavy (non-hydrogen) atoms. The molecule has 3 aromatic carbocycles. The maximum absolute atomic E-state index is 13.9. The number of nitrogens with zero attached hydrogens (tertiary/aromatic N) is 1. The second-order valence-corrected chi connectivity index (χ2v) is 7.50. The number of barbiturate groups is 1. The molecule has 0 spiro atoms. The number of anilines is 1. The first-order valence-electron chi connectivity index (χ1n) is 9.56. The zero-order valence-corrected chi connectivity index (χ0v) is 17.3. The number of aromatic hydroxyl groups is 1. The Morgan fingerprint density at radius 2 is 1.69 bits per heavy atom. The third-order valence-corrected chi connectivity index (χ3v) is 5.29. The number of hydrogen-bond acceptors (Lipinski definition) is 4. The molecule has 160 valence electrons. The lowest BCUT2D eigenvalue weighted by atomic mass is 10.0. The van der Waals surface area contributed by atoms with Gasteiger partial charge in [-0.2, -0.15) is 0 Å². The van der Waals surface area contributed by atoms with Gasteiger partial charge in [0.15, 0.2) is 0 Å². The van der Waals surface area contributed by atoms with E-state index in [9.17, 15) is 23.9 Å². The molecule has 8 heteroatoms. The van der Waals surface area contributed by atoms with Crippen LogP contribution < -0.4 is 10.2 Å². The van der Waals surface area contributed by atoms with E-state index in [-0.39, 0.29) is 29.2 Å². The second-order valence-electron chi connectivity index (χ2n) is 7.09. The number of phenolic OH excluding ortho intramolecular Hbond substituents is 1. The number of nitrogens with one attached hydrogen (secondary N) is 1. The smallest absolute Gasteiger partial charge is 0.335 e. The van der Waals surface area contributed by atoms with Gasteiger partial charge in [0, 0.05) is 11.4 Å². The molecular weight excluding hydrogens is 435 g/mol. The maximum Gasteiger partial charge on any atom is 0.335 e. The molecule has 1 aliphatic rings. The van der Waals surface area contributed by atoms with Gasteiger partial charge in [0.05, 0.1) is 5.69 Å². The van der Waals surface area contributed by atoms with Crippen LogP contribution in [0.2, 0.25) is 5.02 Å². The normalized spacial score (nSPS) is 15.2. The lowest BCUT2D eigenvalue weighted by Crippen LogP contribution is -2.54. The SMILES string of the molecule is O=C1NC(=O)N(c2ccc(O)cc2)C(=O)/C1=C/c1ccc(Cc2ccccc2F)c(Cl)c1. The first kappa shape index (κ1) is 21.3. The van der Waals surface area contributed by atoms with E-state index in [4.69, 9.17) is 11.6 Å². The summed E-state index contributed by atoms with van der Waals surface area (Å²) in [7, 11) is 0. The highest BCUT2D eigenvalue weighted by Gasteiger charge is 2.36. The Balaban J connectivity index is 1.63. The minimum atomic E-state index is -0.888. The fourth-order valence-electron chi connectivity index (χ4n) is 3.30. The molecule has 0 aliphatic carbocycles. The van der Waals surface area contributed by atoms with Crippen molar-refractivity contribution in [3.05, 3.63) is 99.8 Å². The number of amides is 4. The highest BCUT2D eigenvalue weighted by molar-refractivity contribution is 6.39. The van der Waals surface area contributed by atoms with Crippen LogP contribution in [-0.4, -0.2) is 23.0 Å². The summed E-state index contributed by atoms with van der Waals surface area (Å²) >= 11 is 6.36. The van der Waals surface area contributed by atoms with Gasteiger partial charge in [-0.3, -0.25) is 14.9 Å². The van der Waals surface area contributed by atoms with E-state index >= 15 is 0 Å². The van der Waals surface area contributed by atoms with Crippen molar-refractivity contribution in [2.75, 3.05) is 4.90 Å². The zero-order chi connectivity index (χ0) is 22.8. The van der Waals surface area contributed by atoms with Crippen LogP contribution in [0.5, 0.6) is 5.75 Å². The van der Waals surface area contributed by atoms with Gasteiger partial charge < -0.3 is 5.11 Å². The summed E-state index contributed by atoms with van der Waals surface area (Å²) in [6, 6.07) is 15.8. The quantitative estimate of drug-likeness (QED) is 0.454. The Kier molecular flexibility index (Phi) is 5.75. The number of carbonyl (C=O) groups is 3. The van der Waals surface area contributed by atoms with Gasteiger partial charge in [0.25, 0.3) is 11.8 Å².